The average molecular weight is 505 g/mol. The first-order chi connectivity index (χ1) is 18.2. The first-order valence-corrected chi connectivity index (χ1v) is 14.1. The highest BCUT2D eigenvalue weighted by atomic mass is 16.3. The lowest BCUT2D eigenvalue weighted by molar-refractivity contribution is 0.435. The van der Waals surface area contributed by atoms with E-state index < -0.39 is 0 Å². The summed E-state index contributed by atoms with van der Waals surface area (Å²) in [6.07, 6.45) is 4.26. The number of fused-ring (bicyclic) bond motifs is 3. The van der Waals surface area contributed by atoms with E-state index in [1.54, 1.807) is 0 Å². The zero-order valence-electron chi connectivity index (χ0n) is 24.1. The van der Waals surface area contributed by atoms with Gasteiger partial charge in [0.2, 0.25) is 5.71 Å². The summed E-state index contributed by atoms with van der Waals surface area (Å²) in [5, 5.41) is 2.12. The predicted molar refractivity (Wildman–Crippen MR) is 161 cm³/mol. The lowest BCUT2D eigenvalue weighted by Gasteiger charge is -2.29. The Morgan fingerprint density at radius 3 is 2.08 bits per heavy atom. The van der Waals surface area contributed by atoms with E-state index in [-0.39, 0.29) is 5.41 Å². The van der Waals surface area contributed by atoms with Gasteiger partial charge in [-0.05, 0) is 83.5 Å². The van der Waals surface area contributed by atoms with E-state index in [4.69, 9.17) is 14.4 Å². The molecule has 0 aliphatic carbocycles. The van der Waals surface area contributed by atoms with Crippen LogP contribution < -0.4 is 0 Å². The van der Waals surface area contributed by atoms with E-state index in [2.05, 4.69) is 116 Å². The van der Waals surface area contributed by atoms with Crippen molar-refractivity contribution in [3.8, 4) is 22.5 Å². The monoisotopic (exact) mass is 504 g/mol. The van der Waals surface area contributed by atoms with Crippen molar-refractivity contribution in [1.29, 1.82) is 0 Å². The Labute approximate surface area is 227 Å². The van der Waals surface area contributed by atoms with Crippen molar-refractivity contribution in [2.75, 3.05) is 0 Å². The first-order valence-electron chi connectivity index (χ1n) is 14.1. The van der Waals surface area contributed by atoms with Crippen molar-refractivity contribution in [2.45, 2.75) is 85.5 Å². The molecule has 0 saturated heterocycles. The largest absolute Gasteiger partial charge is 0.437 e. The van der Waals surface area contributed by atoms with Crippen LogP contribution in [0.3, 0.4) is 0 Å². The maximum Gasteiger partial charge on any atom is 0.227 e. The third kappa shape index (κ3) is 4.32. The summed E-state index contributed by atoms with van der Waals surface area (Å²) in [6, 6.07) is 19.5. The SMILES string of the molecule is CCC(C)(CC)c1cnc(-c2cccc3c2oc2nc(-c4c(C(C)C)cccc4C(C)C)ccc23)cc1C. The summed E-state index contributed by atoms with van der Waals surface area (Å²) < 4.78 is 6.53. The highest BCUT2D eigenvalue weighted by Gasteiger charge is 2.25. The highest BCUT2D eigenvalue weighted by Crippen LogP contribution is 2.40. The third-order valence-corrected chi connectivity index (χ3v) is 8.59. The standard InChI is InChI=1S/C35H40N2O/c1-9-35(8,10-2)29-20-36-31(19-23(29)7)28-16-12-15-26-27-17-18-30(37-34(27)38-33(26)28)32-24(21(3)4)13-11-14-25(32)22(5)6/h11-22H,9-10H2,1-8H3. The van der Waals surface area contributed by atoms with Crippen LogP contribution in [0.5, 0.6) is 0 Å². The van der Waals surface area contributed by atoms with Crippen LogP contribution in [-0.4, -0.2) is 9.97 Å². The van der Waals surface area contributed by atoms with Gasteiger partial charge in [-0.15, -0.1) is 0 Å². The Kier molecular flexibility index (Phi) is 6.90. The molecule has 5 rings (SSSR count). The summed E-state index contributed by atoms with van der Waals surface area (Å²) in [6.45, 7) is 18.1. The molecule has 0 atom stereocenters. The molecule has 38 heavy (non-hydrogen) atoms. The number of hydrogen-bond acceptors (Lipinski definition) is 3. The molecule has 3 heteroatoms. The number of benzene rings is 2. The van der Waals surface area contributed by atoms with Gasteiger partial charge in [0.15, 0.2) is 0 Å². The third-order valence-electron chi connectivity index (χ3n) is 8.59. The predicted octanol–water partition coefficient (Wildman–Crippen LogP) is 10.3. The second-order valence-electron chi connectivity index (χ2n) is 11.6. The number of hydrogen-bond donors (Lipinski definition) is 0. The Morgan fingerprint density at radius 2 is 1.47 bits per heavy atom. The van der Waals surface area contributed by atoms with Gasteiger partial charge >= 0.3 is 0 Å². The lowest BCUT2D eigenvalue weighted by atomic mass is 9.76. The Bertz CT molecular complexity index is 1590. The fourth-order valence-electron chi connectivity index (χ4n) is 5.83. The van der Waals surface area contributed by atoms with Crippen LogP contribution in [0.4, 0.5) is 0 Å². The zero-order chi connectivity index (χ0) is 27.2. The Morgan fingerprint density at radius 1 is 0.816 bits per heavy atom. The fourth-order valence-corrected chi connectivity index (χ4v) is 5.83. The van der Waals surface area contributed by atoms with Crippen molar-refractivity contribution in [3.05, 3.63) is 83.0 Å². The number of nitrogens with zero attached hydrogens (tertiary/aromatic N) is 2. The minimum atomic E-state index is 0.141. The highest BCUT2D eigenvalue weighted by molar-refractivity contribution is 6.08. The second-order valence-corrected chi connectivity index (χ2v) is 11.6. The number of furan rings is 1. The fraction of sp³-hybridized carbons (Fsp3) is 0.371. The van der Waals surface area contributed by atoms with Gasteiger partial charge in [-0.3, -0.25) is 4.98 Å². The molecule has 3 nitrogen and oxygen atoms in total. The van der Waals surface area contributed by atoms with Crippen LogP contribution in [0.2, 0.25) is 0 Å². The normalized spacial score (nSPS) is 12.4. The summed E-state index contributed by atoms with van der Waals surface area (Å²) in [7, 11) is 0. The quantitative estimate of drug-likeness (QED) is 0.221. The van der Waals surface area contributed by atoms with E-state index in [0.29, 0.717) is 17.5 Å². The summed E-state index contributed by atoms with van der Waals surface area (Å²) >= 11 is 0. The Hall–Kier alpha value is -3.46. The maximum atomic E-state index is 6.53. The van der Waals surface area contributed by atoms with Gasteiger partial charge in [-0.2, -0.15) is 0 Å². The molecule has 0 aliphatic rings. The van der Waals surface area contributed by atoms with Crippen molar-refractivity contribution in [3.63, 3.8) is 0 Å². The summed E-state index contributed by atoms with van der Waals surface area (Å²) in [5.41, 5.74) is 11.1. The van der Waals surface area contributed by atoms with Gasteiger partial charge in [0, 0.05) is 28.1 Å². The first kappa shape index (κ1) is 26.2. The topological polar surface area (TPSA) is 38.9 Å². The summed E-state index contributed by atoms with van der Waals surface area (Å²) in [4.78, 5) is 10.0. The number of aromatic nitrogens is 2. The molecule has 0 amide bonds. The minimum Gasteiger partial charge on any atom is -0.437 e. The Balaban J connectivity index is 1.67. The molecule has 0 aliphatic heterocycles. The van der Waals surface area contributed by atoms with Crippen LogP contribution in [0.15, 0.2) is 65.2 Å². The molecule has 3 heterocycles. The van der Waals surface area contributed by atoms with Gasteiger partial charge in [-0.25, -0.2) is 4.98 Å². The number of pyridine rings is 2. The molecular weight excluding hydrogens is 464 g/mol. The molecule has 0 spiro atoms. The van der Waals surface area contributed by atoms with Gasteiger partial charge in [0.1, 0.15) is 5.58 Å². The van der Waals surface area contributed by atoms with Crippen LogP contribution in [0, 0.1) is 6.92 Å². The van der Waals surface area contributed by atoms with Crippen LogP contribution in [-0.2, 0) is 5.41 Å². The number of aryl methyl sites for hydroxylation is 1. The zero-order valence-corrected chi connectivity index (χ0v) is 24.1. The lowest BCUT2D eigenvalue weighted by Crippen LogP contribution is -2.21. The van der Waals surface area contributed by atoms with Gasteiger partial charge in [0.05, 0.1) is 11.4 Å². The average Bonchev–Trinajstić information content (AvgIpc) is 3.30. The molecule has 0 bridgehead atoms. The van der Waals surface area contributed by atoms with Crippen molar-refractivity contribution >= 4 is 22.1 Å². The summed E-state index contributed by atoms with van der Waals surface area (Å²) in [5.74, 6) is 0.811. The molecule has 0 unspecified atom stereocenters. The van der Waals surface area contributed by atoms with Gasteiger partial charge in [-0.1, -0.05) is 78.8 Å². The molecule has 0 fully saturated rings. The molecule has 3 aromatic heterocycles. The van der Waals surface area contributed by atoms with Crippen LogP contribution >= 0.6 is 0 Å². The number of rotatable bonds is 7. The van der Waals surface area contributed by atoms with E-state index in [0.717, 1.165) is 46.1 Å². The number of para-hydroxylation sites is 1. The molecule has 0 saturated carbocycles. The molecule has 0 N–H and O–H groups in total. The van der Waals surface area contributed by atoms with Crippen molar-refractivity contribution in [2.24, 2.45) is 0 Å². The molecule has 196 valence electrons. The van der Waals surface area contributed by atoms with Gasteiger partial charge in [0.25, 0.3) is 0 Å². The van der Waals surface area contributed by atoms with E-state index >= 15 is 0 Å². The molecule has 2 aromatic carbocycles. The van der Waals surface area contributed by atoms with Crippen LogP contribution in [0.1, 0.15) is 95.4 Å². The van der Waals surface area contributed by atoms with Crippen molar-refractivity contribution in [1.82, 2.24) is 9.97 Å². The smallest absolute Gasteiger partial charge is 0.227 e. The van der Waals surface area contributed by atoms with E-state index in [9.17, 15) is 0 Å². The van der Waals surface area contributed by atoms with E-state index in [1.807, 2.05) is 0 Å². The minimum absolute atomic E-state index is 0.141. The van der Waals surface area contributed by atoms with Gasteiger partial charge < -0.3 is 4.42 Å². The molecular formula is C35H40N2O. The maximum absolute atomic E-state index is 6.53. The second kappa shape index (κ2) is 10.0. The van der Waals surface area contributed by atoms with E-state index in [1.165, 1.54) is 27.8 Å². The molecule has 5 aromatic rings. The van der Waals surface area contributed by atoms with Crippen molar-refractivity contribution < 1.29 is 4.42 Å². The van der Waals surface area contributed by atoms with Crippen LogP contribution in [0.25, 0.3) is 44.6 Å². The molecule has 0 radical (unpaired) electrons.